The second-order valence-corrected chi connectivity index (χ2v) is 6.54. The van der Waals surface area contributed by atoms with E-state index in [9.17, 15) is 4.79 Å². The molecule has 2 aromatic rings. The lowest BCUT2D eigenvalue weighted by Crippen LogP contribution is -2.24. The summed E-state index contributed by atoms with van der Waals surface area (Å²) in [7, 11) is 0. The number of carbonyl (C=O) groups excluding carboxylic acids is 1. The first-order valence-corrected chi connectivity index (χ1v) is 8.62. The van der Waals surface area contributed by atoms with Gasteiger partial charge in [-0.3, -0.25) is 4.79 Å². The maximum atomic E-state index is 12.1. The van der Waals surface area contributed by atoms with Crippen molar-refractivity contribution in [2.45, 2.75) is 26.4 Å². The maximum Gasteiger partial charge on any atom is 0.263 e. The van der Waals surface area contributed by atoms with Gasteiger partial charge in [0.15, 0.2) is 0 Å². The molecule has 0 aliphatic rings. The van der Waals surface area contributed by atoms with Crippen molar-refractivity contribution in [3.63, 3.8) is 0 Å². The van der Waals surface area contributed by atoms with Gasteiger partial charge in [0.05, 0.1) is 5.69 Å². The third kappa shape index (κ3) is 7.79. The van der Waals surface area contributed by atoms with Gasteiger partial charge in [-0.05, 0) is 50.6 Å². The van der Waals surface area contributed by atoms with Gasteiger partial charge < -0.3 is 15.8 Å². The van der Waals surface area contributed by atoms with Gasteiger partial charge in [0, 0.05) is 11.6 Å². The maximum absolute atomic E-state index is 12.1. The molecule has 3 N–H and O–H groups in total. The SMILES string of the molecule is Cc1nc(COc2ccc(Cl)cc2)sc1C(=O)NCCCCN.Cl.Cl. The number of thiazole rings is 1. The largest absolute Gasteiger partial charge is 0.486 e. The molecule has 1 aromatic heterocycles. The summed E-state index contributed by atoms with van der Waals surface area (Å²) in [6.07, 6.45) is 1.79. The number of halogens is 3. The highest BCUT2D eigenvalue weighted by Gasteiger charge is 2.15. The highest BCUT2D eigenvalue weighted by molar-refractivity contribution is 7.13. The Morgan fingerprint density at radius 3 is 2.60 bits per heavy atom. The average Bonchev–Trinajstić information content (AvgIpc) is 2.92. The van der Waals surface area contributed by atoms with Crippen molar-refractivity contribution in [3.05, 3.63) is 44.9 Å². The van der Waals surface area contributed by atoms with E-state index in [4.69, 9.17) is 22.1 Å². The van der Waals surface area contributed by atoms with Crippen LogP contribution in [0.3, 0.4) is 0 Å². The fraction of sp³-hybridized carbons (Fsp3) is 0.375. The third-order valence-electron chi connectivity index (χ3n) is 3.14. The number of nitrogens with one attached hydrogen (secondary N) is 1. The van der Waals surface area contributed by atoms with Gasteiger partial charge in [0.2, 0.25) is 0 Å². The summed E-state index contributed by atoms with van der Waals surface area (Å²) >= 11 is 7.19. The number of aromatic nitrogens is 1. The number of carbonyl (C=O) groups is 1. The topological polar surface area (TPSA) is 77.2 Å². The average molecular weight is 427 g/mol. The highest BCUT2D eigenvalue weighted by atomic mass is 35.5. The predicted molar refractivity (Wildman–Crippen MR) is 108 cm³/mol. The summed E-state index contributed by atoms with van der Waals surface area (Å²) in [5, 5.41) is 4.32. The van der Waals surface area contributed by atoms with Gasteiger partial charge in [-0.1, -0.05) is 11.6 Å². The Hall–Kier alpha value is -1.05. The van der Waals surface area contributed by atoms with Gasteiger partial charge in [0.1, 0.15) is 22.2 Å². The van der Waals surface area contributed by atoms with Crippen LogP contribution in [-0.2, 0) is 6.61 Å². The van der Waals surface area contributed by atoms with E-state index in [1.807, 2.05) is 6.92 Å². The van der Waals surface area contributed by atoms with Crippen LogP contribution in [0.2, 0.25) is 5.02 Å². The van der Waals surface area contributed by atoms with E-state index in [0.717, 1.165) is 29.3 Å². The molecule has 9 heteroatoms. The number of nitrogens with zero attached hydrogens (tertiary/aromatic N) is 1. The van der Waals surface area contributed by atoms with Crippen molar-refractivity contribution < 1.29 is 9.53 Å². The zero-order chi connectivity index (χ0) is 16.7. The van der Waals surface area contributed by atoms with E-state index >= 15 is 0 Å². The van der Waals surface area contributed by atoms with Crippen LogP contribution in [0, 0.1) is 6.92 Å². The van der Waals surface area contributed by atoms with E-state index in [1.165, 1.54) is 11.3 Å². The molecule has 25 heavy (non-hydrogen) atoms. The van der Waals surface area contributed by atoms with Crippen molar-refractivity contribution >= 4 is 53.7 Å². The molecule has 0 aliphatic heterocycles. The Morgan fingerprint density at radius 2 is 1.96 bits per heavy atom. The molecular weight excluding hydrogens is 405 g/mol. The van der Waals surface area contributed by atoms with Crippen LogP contribution in [0.25, 0.3) is 0 Å². The van der Waals surface area contributed by atoms with E-state index in [2.05, 4.69) is 10.3 Å². The molecule has 1 heterocycles. The number of ether oxygens (including phenoxy) is 1. The fourth-order valence-electron chi connectivity index (χ4n) is 1.95. The van der Waals surface area contributed by atoms with Crippen LogP contribution in [0.5, 0.6) is 5.75 Å². The van der Waals surface area contributed by atoms with E-state index in [0.29, 0.717) is 29.6 Å². The normalized spacial score (nSPS) is 9.72. The first-order valence-electron chi connectivity index (χ1n) is 7.43. The molecule has 0 saturated carbocycles. The molecule has 0 bridgehead atoms. The smallest absolute Gasteiger partial charge is 0.263 e. The number of benzene rings is 1. The Kier molecular flexibility index (Phi) is 11.8. The van der Waals surface area contributed by atoms with Crippen LogP contribution in [0.15, 0.2) is 24.3 Å². The molecule has 0 saturated heterocycles. The lowest BCUT2D eigenvalue weighted by molar-refractivity contribution is 0.0956. The van der Waals surface area contributed by atoms with Gasteiger partial charge in [0.25, 0.3) is 5.91 Å². The van der Waals surface area contributed by atoms with E-state index < -0.39 is 0 Å². The van der Waals surface area contributed by atoms with Crippen molar-refractivity contribution in [3.8, 4) is 5.75 Å². The quantitative estimate of drug-likeness (QED) is 0.626. The van der Waals surface area contributed by atoms with Crippen LogP contribution in [0.4, 0.5) is 0 Å². The number of rotatable bonds is 8. The van der Waals surface area contributed by atoms with Gasteiger partial charge in [-0.15, -0.1) is 36.2 Å². The van der Waals surface area contributed by atoms with Gasteiger partial charge in [-0.25, -0.2) is 4.98 Å². The molecule has 0 atom stereocenters. The minimum absolute atomic E-state index is 0. The molecule has 1 amide bonds. The van der Waals surface area contributed by atoms with Crippen LogP contribution < -0.4 is 15.8 Å². The molecule has 140 valence electrons. The highest BCUT2D eigenvalue weighted by Crippen LogP contribution is 2.21. The minimum Gasteiger partial charge on any atom is -0.486 e. The number of hydrogen-bond donors (Lipinski definition) is 2. The van der Waals surface area contributed by atoms with Crippen molar-refractivity contribution in [1.29, 1.82) is 0 Å². The molecule has 0 spiro atoms. The Morgan fingerprint density at radius 1 is 1.28 bits per heavy atom. The standard InChI is InChI=1S/C16H20ClN3O2S.2ClH/c1-11-15(16(21)19-9-3-2-8-18)23-14(20-11)10-22-13-6-4-12(17)5-7-13;;/h4-7H,2-3,8-10,18H2,1H3,(H,19,21);2*1H. The number of amides is 1. The molecule has 0 aliphatic carbocycles. The zero-order valence-electron chi connectivity index (χ0n) is 13.8. The third-order valence-corrected chi connectivity index (χ3v) is 4.52. The van der Waals surface area contributed by atoms with Crippen molar-refractivity contribution in [1.82, 2.24) is 10.3 Å². The number of unbranched alkanes of at least 4 members (excludes halogenated alkanes) is 1. The zero-order valence-corrected chi connectivity index (χ0v) is 17.0. The number of hydrogen-bond acceptors (Lipinski definition) is 5. The lowest BCUT2D eigenvalue weighted by atomic mass is 10.3. The monoisotopic (exact) mass is 425 g/mol. The number of aryl methyl sites for hydroxylation is 1. The second kappa shape index (κ2) is 12.3. The van der Waals surface area contributed by atoms with Crippen LogP contribution in [-0.4, -0.2) is 24.0 Å². The van der Waals surface area contributed by atoms with Crippen molar-refractivity contribution in [2.75, 3.05) is 13.1 Å². The molecule has 1 aromatic carbocycles. The molecular formula is C16H22Cl3N3O2S. The number of nitrogens with two attached hydrogens (primary N) is 1. The first-order chi connectivity index (χ1) is 11.1. The summed E-state index contributed by atoms with van der Waals surface area (Å²) in [6, 6.07) is 7.14. The Balaban J connectivity index is 0.00000288. The fourth-order valence-corrected chi connectivity index (χ4v) is 2.97. The summed E-state index contributed by atoms with van der Waals surface area (Å²) in [6.45, 7) is 3.43. The van der Waals surface area contributed by atoms with Gasteiger partial charge >= 0.3 is 0 Å². The lowest BCUT2D eigenvalue weighted by Gasteiger charge is -2.03. The molecule has 2 rings (SSSR count). The molecule has 5 nitrogen and oxygen atoms in total. The summed E-state index contributed by atoms with van der Waals surface area (Å²) in [5.41, 5.74) is 6.15. The molecule has 0 unspecified atom stereocenters. The van der Waals surface area contributed by atoms with Crippen LogP contribution >= 0.6 is 47.8 Å². The Labute approximate surface area is 169 Å². The van der Waals surface area contributed by atoms with E-state index in [-0.39, 0.29) is 30.7 Å². The van der Waals surface area contributed by atoms with Gasteiger partial charge in [-0.2, -0.15) is 0 Å². The van der Waals surface area contributed by atoms with Crippen LogP contribution in [0.1, 0.15) is 33.2 Å². The first kappa shape index (κ1) is 23.9. The Bertz CT molecular complexity index is 651. The van der Waals surface area contributed by atoms with E-state index in [1.54, 1.807) is 24.3 Å². The predicted octanol–water partition coefficient (Wildman–Crippen LogP) is 4.00. The summed E-state index contributed by atoms with van der Waals surface area (Å²) in [5.74, 6) is 0.629. The molecule has 0 radical (unpaired) electrons. The minimum atomic E-state index is -0.0882. The molecule has 0 fully saturated rings. The summed E-state index contributed by atoms with van der Waals surface area (Å²) in [4.78, 5) is 17.2. The second-order valence-electron chi connectivity index (χ2n) is 5.02. The summed E-state index contributed by atoms with van der Waals surface area (Å²) < 4.78 is 5.65. The van der Waals surface area contributed by atoms with Crippen molar-refractivity contribution in [2.24, 2.45) is 5.73 Å².